The molecular formula is C26H27N5O2S. The highest BCUT2D eigenvalue weighted by molar-refractivity contribution is 7.09. The van der Waals surface area contributed by atoms with Crippen molar-refractivity contribution in [3.05, 3.63) is 81.3 Å². The summed E-state index contributed by atoms with van der Waals surface area (Å²) in [6, 6.07) is 13.8. The Bertz CT molecular complexity index is 1300. The van der Waals surface area contributed by atoms with Gasteiger partial charge in [0, 0.05) is 34.8 Å². The summed E-state index contributed by atoms with van der Waals surface area (Å²) in [5.74, 6) is 0.955. The van der Waals surface area contributed by atoms with E-state index in [9.17, 15) is 4.79 Å². The van der Waals surface area contributed by atoms with Gasteiger partial charge in [0.25, 0.3) is 11.8 Å². The number of nitrogens with zero attached hydrogens (tertiary/aromatic N) is 5. The molecular weight excluding hydrogens is 446 g/mol. The van der Waals surface area contributed by atoms with Gasteiger partial charge in [-0.3, -0.25) is 4.79 Å². The second kappa shape index (κ2) is 9.46. The molecule has 1 aliphatic rings. The number of benzene rings is 1. The maximum absolute atomic E-state index is 13.5. The van der Waals surface area contributed by atoms with Crippen LogP contribution in [0.5, 0.6) is 0 Å². The van der Waals surface area contributed by atoms with E-state index in [1.54, 1.807) is 17.4 Å². The fourth-order valence-electron chi connectivity index (χ4n) is 4.45. The van der Waals surface area contributed by atoms with Crippen molar-refractivity contribution in [1.29, 1.82) is 0 Å². The van der Waals surface area contributed by atoms with Crippen LogP contribution < -0.4 is 0 Å². The van der Waals surface area contributed by atoms with Crippen molar-refractivity contribution in [2.45, 2.75) is 52.0 Å². The van der Waals surface area contributed by atoms with Crippen LogP contribution in [0.15, 0.2) is 52.3 Å². The Hall–Kier alpha value is -3.39. The van der Waals surface area contributed by atoms with Gasteiger partial charge in [0.05, 0.1) is 6.04 Å². The van der Waals surface area contributed by atoms with E-state index in [0.29, 0.717) is 23.0 Å². The highest BCUT2D eigenvalue weighted by atomic mass is 32.1. The van der Waals surface area contributed by atoms with Crippen LogP contribution in [0.4, 0.5) is 0 Å². The molecule has 8 heteroatoms. The molecule has 1 fully saturated rings. The van der Waals surface area contributed by atoms with E-state index < -0.39 is 0 Å². The summed E-state index contributed by atoms with van der Waals surface area (Å²) in [6.45, 7) is 6.65. The molecule has 7 nitrogen and oxygen atoms in total. The van der Waals surface area contributed by atoms with E-state index in [0.717, 1.165) is 42.2 Å². The standard InChI is InChI=1S/C26H27N5O2S/c1-16(12-19-8-5-4-6-9-19)23-29-30-24(33-23)21-14-20(13-17(2)27-21)26(32)31-11-7-10-22(31)25-28-18(3)15-34-25/h4-6,8-9,13-16,22H,7,10-12H2,1-3H3/t16-,22+/m0/s1. The summed E-state index contributed by atoms with van der Waals surface area (Å²) in [6.07, 6.45) is 2.71. The van der Waals surface area contributed by atoms with Crippen molar-refractivity contribution < 1.29 is 9.21 Å². The summed E-state index contributed by atoms with van der Waals surface area (Å²) in [4.78, 5) is 24.6. The fraction of sp³-hybridized carbons (Fsp3) is 0.346. The average molecular weight is 474 g/mol. The fourth-order valence-corrected chi connectivity index (χ4v) is 5.39. The number of hydrogen-bond acceptors (Lipinski definition) is 7. The quantitative estimate of drug-likeness (QED) is 0.366. The normalized spacial score (nSPS) is 16.7. The van der Waals surface area contributed by atoms with Gasteiger partial charge in [-0.2, -0.15) is 0 Å². The molecule has 2 atom stereocenters. The first-order chi connectivity index (χ1) is 16.5. The zero-order valence-corrected chi connectivity index (χ0v) is 20.4. The summed E-state index contributed by atoms with van der Waals surface area (Å²) < 4.78 is 5.99. The maximum Gasteiger partial charge on any atom is 0.266 e. The molecule has 5 rings (SSSR count). The van der Waals surface area contributed by atoms with Crippen molar-refractivity contribution in [3.63, 3.8) is 0 Å². The Labute approximate surface area is 202 Å². The van der Waals surface area contributed by atoms with Gasteiger partial charge in [-0.15, -0.1) is 21.5 Å². The molecule has 0 spiro atoms. The molecule has 1 aliphatic heterocycles. The van der Waals surface area contributed by atoms with Gasteiger partial charge in [0.1, 0.15) is 10.7 Å². The number of hydrogen-bond donors (Lipinski definition) is 0. The van der Waals surface area contributed by atoms with Gasteiger partial charge in [-0.25, -0.2) is 9.97 Å². The zero-order valence-electron chi connectivity index (χ0n) is 19.6. The lowest BCUT2D eigenvalue weighted by molar-refractivity contribution is 0.0735. The van der Waals surface area contributed by atoms with Gasteiger partial charge in [-0.1, -0.05) is 37.3 Å². The van der Waals surface area contributed by atoms with Crippen molar-refractivity contribution in [1.82, 2.24) is 25.1 Å². The largest absolute Gasteiger partial charge is 0.419 e. The third-order valence-corrected chi connectivity index (χ3v) is 7.17. The van der Waals surface area contributed by atoms with Crippen LogP contribution in [0.3, 0.4) is 0 Å². The van der Waals surface area contributed by atoms with Gasteiger partial charge in [0.15, 0.2) is 0 Å². The Morgan fingerprint density at radius 1 is 1.15 bits per heavy atom. The van der Waals surface area contributed by atoms with E-state index in [2.05, 4.69) is 39.2 Å². The Kier molecular flexibility index (Phi) is 6.24. The molecule has 1 amide bonds. The van der Waals surface area contributed by atoms with Crippen molar-refractivity contribution in [2.75, 3.05) is 6.54 Å². The molecule has 0 radical (unpaired) electrons. The third-order valence-electron chi connectivity index (χ3n) is 6.10. The number of aryl methyl sites for hydroxylation is 2. The molecule has 34 heavy (non-hydrogen) atoms. The van der Waals surface area contributed by atoms with E-state index in [1.165, 1.54) is 5.56 Å². The van der Waals surface area contributed by atoms with Gasteiger partial charge in [-0.05, 0) is 50.8 Å². The average Bonchev–Trinajstić information content (AvgIpc) is 3.59. The van der Waals surface area contributed by atoms with Crippen LogP contribution in [0.1, 0.15) is 69.9 Å². The minimum absolute atomic E-state index is 0.0145. The number of rotatable bonds is 6. The third kappa shape index (κ3) is 4.63. The lowest BCUT2D eigenvalue weighted by atomic mass is 10.0. The summed E-state index contributed by atoms with van der Waals surface area (Å²) in [5, 5.41) is 11.5. The molecule has 1 saturated heterocycles. The molecule has 0 unspecified atom stereocenters. The van der Waals surface area contributed by atoms with Crippen LogP contribution in [0.25, 0.3) is 11.6 Å². The number of thiazole rings is 1. The van der Waals surface area contributed by atoms with Crippen LogP contribution in [0, 0.1) is 13.8 Å². The molecule has 0 bridgehead atoms. The first kappa shape index (κ1) is 22.4. The van der Waals surface area contributed by atoms with E-state index in [4.69, 9.17) is 4.42 Å². The maximum atomic E-state index is 13.5. The van der Waals surface area contributed by atoms with Crippen molar-refractivity contribution in [3.8, 4) is 11.6 Å². The first-order valence-corrected chi connectivity index (χ1v) is 12.5. The SMILES string of the molecule is Cc1cc(C(=O)N2CCC[C@@H]2c2nc(C)cs2)cc(-c2nnc([C@@H](C)Cc3ccccc3)o2)n1. The van der Waals surface area contributed by atoms with Crippen LogP contribution in [0.2, 0.25) is 0 Å². The number of carbonyl (C=O) groups is 1. The molecule has 174 valence electrons. The summed E-state index contributed by atoms with van der Waals surface area (Å²) in [7, 11) is 0. The Balaban J connectivity index is 1.37. The van der Waals surface area contributed by atoms with Crippen molar-refractivity contribution >= 4 is 17.2 Å². The van der Waals surface area contributed by atoms with Crippen LogP contribution >= 0.6 is 11.3 Å². The minimum Gasteiger partial charge on any atom is -0.419 e. The monoisotopic (exact) mass is 473 g/mol. The second-order valence-corrected chi connectivity index (χ2v) is 9.79. The predicted molar refractivity (Wildman–Crippen MR) is 131 cm³/mol. The molecule has 0 N–H and O–H groups in total. The lowest BCUT2D eigenvalue weighted by Gasteiger charge is -2.23. The predicted octanol–water partition coefficient (Wildman–Crippen LogP) is 5.53. The van der Waals surface area contributed by atoms with E-state index in [1.807, 2.05) is 48.4 Å². The van der Waals surface area contributed by atoms with Gasteiger partial charge >= 0.3 is 0 Å². The molecule has 0 saturated carbocycles. The second-order valence-electron chi connectivity index (χ2n) is 8.90. The molecule has 4 heterocycles. The number of pyridine rings is 1. The van der Waals surface area contributed by atoms with Gasteiger partial charge in [0.2, 0.25) is 5.89 Å². The number of amides is 1. The Morgan fingerprint density at radius 2 is 1.97 bits per heavy atom. The smallest absolute Gasteiger partial charge is 0.266 e. The Morgan fingerprint density at radius 3 is 2.74 bits per heavy atom. The zero-order chi connectivity index (χ0) is 23.7. The summed E-state index contributed by atoms with van der Waals surface area (Å²) in [5.41, 5.74) is 4.05. The first-order valence-electron chi connectivity index (χ1n) is 11.6. The molecule has 4 aromatic rings. The minimum atomic E-state index is -0.0145. The highest BCUT2D eigenvalue weighted by Gasteiger charge is 2.33. The highest BCUT2D eigenvalue weighted by Crippen LogP contribution is 2.35. The lowest BCUT2D eigenvalue weighted by Crippen LogP contribution is -2.30. The topological polar surface area (TPSA) is 85.0 Å². The molecule has 1 aromatic carbocycles. The van der Waals surface area contributed by atoms with Crippen LogP contribution in [-0.2, 0) is 6.42 Å². The molecule has 0 aliphatic carbocycles. The van der Waals surface area contributed by atoms with E-state index >= 15 is 0 Å². The van der Waals surface area contributed by atoms with Crippen LogP contribution in [-0.4, -0.2) is 37.5 Å². The summed E-state index contributed by atoms with van der Waals surface area (Å²) >= 11 is 1.62. The number of carbonyl (C=O) groups excluding carboxylic acids is 1. The number of aromatic nitrogens is 4. The number of likely N-dealkylation sites (tertiary alicyclic amines) is 1. The molecule has 3 aromatic heterocycles. The van der Waals surface area contributed by atoms with Crippen molar-refractivity contribution in [2.24, 2.45) is 0 Å². The van der Waals surface area contributed by atoms with Gasteiger partial charge < -0.3 is 9.32 Å². The van der Waals surface area contributed by atoms with E-state index in [-0.39, 0.29) is 17.9 Å².